The highest BCUT2D eigenvalue weighted by Crippen LogP contribution is 2.19. The Morgan fingerprint density at radius 1 is 1.16 bits per heavy atom. The highest BCUT2D eigenvalue weighted by molar-refractivity contribution is 6.01. The molecule has 0 aliphatic carbocycles. The maximum Gasteiger partial charge on any atom is 0.332 e. The summed E-state index contributed by atoms with van der Waals surface area (Å²) < 4.78 is 0. The topological polar surface area (TPSA) is 91.7 Å². The lowest BCUT2D eigenvalue weighted by atomic mass is 9.91. The molecule has 1 aromatic carbocycles. The van der Waals surface area contributed by atoms with Crippen molar-refractivity contribution in [2.75, 3.05) is 0 Å². The van der Waals surface area contributed by atoms with Gasteiger partial charge in [0.05, 0.1) is 5.92 Å². The van der Waals surface area contributed by atoms with Crippen molar-refractivity contribution >= 4 is 17.7 Å². The van der Waals surface area contributed by atoms with Crippen LogP contribution in [-0.2, 0) is 9.59 Å². The van der Waals surface area contributed by atoms with E-state index in [1.165, 1.54) is 13.0 Å². The van der Waals surface area contributed by atoms with Crippen LogP contribution in [0.3, 0.4) is 0 Å². The summed E-state index contributed by atoms with van der Waals surface area (Å²) in [6, 6.07) is 8.20. The highest BCUT2D eigenvalue weighted by Gasteiger charge is 2.29. The van der Waals surface area contributed by atoms with Gasteiger partial charge < -0.3 is 10.2 Å². The Morgan fingerprint density at radius 3 is 2.16 bits per heavy atom. The van der Waals surface area contributed by atoms with Gasteiger partial charge in [-0.15, -0.1) is 0 Å². The summed E-state index contributed by atoms with van der Waals surface area (Å²) in [6.45, 7) is 1.44. The number of carboxylic acid groups (broad SMARTS) is 2. The van der Waals surface area contributed by atoms with Gasteiger partial charge in [0.1, 0.15) is 0 Å². The van der Waals surface area contributed by atoms with Gasteiger partial charge in [-0.25, -0.2) is 4.79 Å². The Kier molecular flexibility index (Phi) is 5.00. The first-order valence-electron chi connectivity index (χ1n) is 5.68. The van der Waals surface area contributed by atoms with Crippen LogP contribution in [0.1, 0.15) is 23.7 Å². The van der Waals surface area contributed by atoms with E-state index in [0.717, 1.165) is 0 Å². The van der Waals surface area contributed by atoms with E-state index in [2.05, 4.69) is 0 Å². The molecular formula is C14H14O5. The molecule has 0 fully saturated rings. The minimum absolute atomic E-state index is 0.281. The molecule has 100 valence electrons. The normalized spacial score (nSPS) is 12.8. The van der Waals surface area contributed by atoms with E-state index in [1.807, 2.05) is 0 Å². The summed E-state index contributed by atoms with van der Waals surface area (Å²) in [5.74, 6) is -4.38. The number of ketones is 1. The van der Waals surface area contributed by atoms with Crippen molar-refractivity contribution in [1.82, 2.24) is 0 Å². The van der Waals surface area contributed by atoms with Crippen molar-refractivity contribution in [1.29, 1.82) is 0 Å². The lowest BCUT2D eigenvalue weighted by molar-refractivity contribution is -0.143. The van der Waals surface area contributed by atoms with Gasteiger partial charge in [0.2, 0.25) is 0 Å². The second-order valence-electron chi connectivity index (χ2n) is 3.93. The molecule has 0 spiro atoms. The molecule has 0 radical (unpaired) electrons. The average Bonchev–Trinajstić information content (AvgIpc) is 2.38. The van der Waals surface area contributed by atoms with Crippen LogP contribution < -0.4 is 0 Å². The van der Waals surface area contributed by atoms with Crippen LogP contribution >= 0.6 is 0 Å². The van der Waals surface area contributed by atoms with E-state index >= 15 is 0 Å². The first-order valence-corrected chi connectivity index (χ1v) is 5.68. The molecule has 0 bridgehead atoms. The van der Waals surface area contributed by atoms with Crippen LogP contribution in [0.4, 0.5) is 0 Å². The zero-order chi connectivity index (χ0) is 14.4. The average molecular weight is 262 g/mol. The van der Waals surface area contributed by atoms with Crippen LogP contribution in [0.2, 0.25) is 0 Å². The second kappa shape index (κ2) is 6.49. The van der Waals surface area contributed by atoms with E-state index in [1.54, 1.807) is 30.3 Å². The van der Waals surface area contributed by atoms with E-state index in [4.69, 9.17) is 10.2 Å². The van der Waals surface area contributed by atoms with Crippen molar-refractivity contribution < 1.29 is 24.6 Å². The quantitative estimate of drug-likeness (QED) is 0.604. The number of allylic oxidation sites excluding steroid dienone is 1. The first-order chi connectivity index (χ1) is 8.97. The summed E-state index contributed by atoms with van der Waals surface area (Å²) >= 11 is 0. The molecule has 2 N–H and O–H groups in total. The van der Waals surface area contributed by atoms with Gasteiger partial charge in [-0.05, 0) is 6.92 Å². The van der Waals surface area contributed by atoms with Gasteiger partial charge in [-0.2, -0.15) is 0 Å². The molecule has 1 aromatic rings. The van der Waals surface area contributed by atoms with Crippen molar-refractivity contribution in [3.8, 4) is 0 Å². The molecule has 0 heterocycles. The zero-order valence-corrected chi connectivity index (χ0v) is 10.4. The van der Waals surface area contributed by atoms with Gasteiger partial charge in [0.15, 0.2) is 5.78 Å². The number of aliphatic carboxylic acids is 2. The maximum atomic E-state index is 11.9. The summed E-state index contributed by atoms with van der Waals surface area (Å²) in [5.41, 5.74) is 0.0892. The van der Waals surface area contributed by atoms with Gasteiger partial charge in [0, 0.05) is 17.6 Å². The third-order valence-corrected chi connectivity index (χ3v) is 2.72. The zero-order valence-electron chi connectivity index (χ0n) is 10.4. The van der Waals surface area contributed by atoms with Crippen molar-refractivity contribution in [2.24, 2.45) is 5.92 Å². The number of benzene rings is 1. The molecular weight excluding hydrogens is 248 g/mol. The second-order valence-corrected chi connectivity index (χ2v) is 3.93. The molecule has 1 atom stereocenters. The first kappa shape index (κ1) is 14.6. The fraction of sp³-hybridized carbons (Fsp3) is 0.214. The molecule has 5 heteroatoms. The molecule has 5 nitrogen and oxygen atoms in total. The minimum Gasteiger partial charge on any atom is -0.481 e. The molecule has 1 unspecified atom stereocenters. The third kappa shape index (κ3) is 3.77. The van der Waals surface area contributed by atoms with Crippen LogP contribution in [0.5, 0.6) is 0 Å². The van der Waals surface area contributed by atoms with Crippen molar-refractivity contribution in [3.05, 3.63) is 47.5 Å². The lowest BCUT2D eigenvalue weighted by Crippen LogP contribution is -2.24. The number of carbonyl (C=O) groups is 3. The number of hydrogen-bond donors (Lipinski definition) is 2. The minimum atomic E-state index is -1.34. The predicted octanol–water partition coefficient (Wildman–Crippen LogP) is 1.99. The highest BCUT2D eigenvalue weighted by atomic mass is 16.4. The lowest BCUT2D eigenvalue weighted by Gasteiger charge is -2.12. The predicted molar refractivity (Wildman–Crippen MR) is 67.9 cm³/mol. The molecule has 19 heavy (non-hydrogen) atoms. The van der Waals surface area contributed by atoms with Gasteiger partial charge in [-0.1, -0.05) is 36.4 Å². The van der Waals surface area contributed by atoms with Crippen LogP contribution in [0.25, 0.3) is 0 Å². The number of carboxylic acids is 2. The van der Waals surface area contributed by atoms with Crippen LogP contribution in [0, 0.1) is 5.92 Å². The van der Waals surface area contributed by atoms with E-state index in [-0.39, 0.29) is 12.0 Å². The number of rotatable bonds is 6. The smallest absolute Gasteiger partial charge is 0.332 e. The van der Waals surface area contributed by atoms with Crippen molar-refractivity contribution in [2.45, 2.75) is 13.3 Å². The molecule has 0 saturated carbocycles. The summed E-state index contributed by atoms with van der Waals surface area (Å²) in [6.07, 6.45) is 0.838. The van der Waals surface area contributed by atoms with E-state index < -0.39 is 23.6 Å². The number of Topliss-reactive ketones (excluding diaryl/α,β-unsaturated/α-hetero) is 1. The molecule has 0 aromatic heterocycles. The van der Waals surface area contributed by atoms with Gasteiger partial charge in [0.25, 0.3) is 0 Å². The Balaban J connectivity index is 2.95. The number of carbonyl (C=O) groups excluding carboxylic acids is 1. The fourth-order valence-corrected chi connectivity index (χ4v) is 1.73. The van der Waals surface area contributed by atoms with E-state index in [9.17, 15) is 14.4 Å². The van der Waals surface area contributed by atoms with Gasteiger partial charge >= 0.3 is 11.9 Å². The monoisotopic (exact) mass is 262 g/mol. The third-order valence-electron chi connectivity index (χ3n) is 2.72. The fourth-order valence-electron chi connectivity index (χ4n) is 1.73. The van der Waals surface area contributed by atoms with Crippen molar-refractivity contribution in [3.63, 3.8) is 0 Å². The van der Waals surface area contributed by atoms with Crippen LogP contribution in [-0.4, -0.2) is 27.9 Å². The molecule has 0 aliphatic rings. The Labute approximate surface area is 110 Å². The standard InChI is InChI=1S/C14H14O5/c1-2-10(13(16)17)11(14(18)19)8-12(15)9-6-4-3-5-7-9/h2-7,11H,8H2,1H3,(H,16,17)(H,18,19). The Hall–Kier alpha value is -2.43. The maximum absolute atomic E-state index is 11.9. The van der Waals surface area contributed by atoms with Crippen LogP contribution in [0.15, 0.2) is 42.0 Å². The van der Waals surface area contributed by atoms with Gasteiger partial charge in [-0.3, -0.25) is 9.59 Å². The summed E-state index contributed by atoms with van der Waals surface area (Å²) in [4.78, 5) is 34.0. The molecule has 1 rings (SSSR count). The Morgan fingerprint density at radius 2 is 1.74 bits per heavy atom. The Bertz CT molecular complexity index is 516. The molecule has 0 aliphatic heterocycles. The van der Waals surface area contributed by atoms with E-state index in [0.29, 0.717) is 5.56 Å². The molecule has 0 saturated heterocycles. The molecule has 0 amide bonds. The number of hydrogen-bond acceptors (Lipinski definition) is 3. The summed E-state index contributed by atoms with van der Waals surface area (Å²) in [7, 11) is 0. The SMILES string of the molecule is CC=C(C(=O)O)C(CC(=O)c1ccccc1)C(=O)O. The largest absolute Gasteiger partial charge is 0.481 e. The summed E-state index contributed by atoms with van der Waals surface area (Å²) in [5, 5.41) is 18.0.